The van der Waals surface area contributed by atoms with Crippen molar-refractivity contribution in [2.75, 3.05) is 31.1 Å². The van der Waals surface area contributed by atoms with Crippen molar-refractivity contribution >= 4 is 23.9 Å². The molecule has 3 aromatic rings. The van der Waals surface area contributed by atoms with E-state index in [2.05, 4.69) is 25.2 Å². The zero-order valence-corrected chi connectivity index (χ0v) is 15.4. The van der Waals surface area contributed by atoms with Crippen LogP contribution >= 0.6 is 0 Å². The van der Waals surface area contributed by atoms with Gasteiger partial charge in [0, 0.05) is 49.8 Å². The summed E-state index contributed by atoms with van der Waals surface area (Å²) >= 11 is 0. The molecule has 28 heavy (non-hydrogen) atoms. The first kappa shape index (κ1) is 17.9. The zero-order chi connectivity index (χ0) is 19.3. The van der Waals surface area contributed by atoms with Crippen molar-refractivity contribution in [3.05, 3.63) is 65.7 Å². The van der Waals surface area contributed by atoms with Crippen molar-refractivity contribution in [3.8, 4) is 11.3 Å². The number of nitrogens with two attached hydrogens (primary N) is 1. The average Bonchev–Trinajstić information content (AvgIpc) is 3.20. The number of pyridine rings is 2. The number of aromatic amines is 1. The van der Waals surface area contributed by atoms with Gasteiger partial charge in [0.15, 0.2) is 0 Å². The monoisotopic (exact) mass is 374 g/mol. The third-order valence-electron chi connectivity index (χ3n) is 4.70. The lowest BCUT2D eigenvalue weighted by molar-refractivity contribution is 0.100. The van der Waals surface area contributed by atoms with Crippen LogP contribution in [0.4, 0.5) is 5.82 Å². The highest BCUT2D eigenvalue weighted by Crippen LogP contribution is 2.28. The normalized spacial score (nSPS) is 14.5. The minimum absolute atomic E-state index is 0.430. The fraction of sp³-hybridized carbons (Fsp3) is 0.190. The van der Waals surface area contributed by atoms with E-state index < -0.39 is 5.91 Å². The van der Waals surface area contributed by atoms with Crippen molar-refractivity contribution < 1.29 is 4.79 Å². The molecule has 4 rings (SSSR count). The van der Waals surface area contributed by atoms with E-state index in [1.807, 2.05) is 48.6 Å². The lowest BCUT2D eigenvalue weighted by atomic mass is 10.1. The van der Waals surface area contributed by atoms with Gasteiger partial charge in [0.25, 0.3) is 5.91 Å². The Labute approximate surface area is 163 Å². The van der Waals surface area contributed by atoms with E-state index >= 15 is 0 Å². The van der Waals surface area contributed by atoms with Crippen molar-refractivity contribution in [1.82, 2.24) is 20.3 Å². The summed E-state index contributed by atoms with van der Waals surface area (Å²) in [7, 11) is 0. The van der Waals surface area contributed by atoms with Crippen LogP contribution in [0, 0.1) is 0 Å². The Morgan fingerprint density at radius 1 is 1.04 bits per heavy atom. The molecule has 1 aliphatic heterocycles. The van der Waals surface area contributed by atoms with Crippen LogP contribution in [0.5, 0.6) is 0 Å². The Morgan fingerprint density at radius 3 is 2.57 bits per heavy atom. The number of H-pyrrole nitrogens is 1. The molecule has 1 aliphatic rings. The fourth-order valence-corrected chi connectivity index (χ4v) is 3.28. The largest absolute Gasteiger partial charge is 0.365 e. The standard InChI is InChI=1S/C21H22N6O/c22-20(28)18-14-19(26-21(18)27-11-9-23-10-12-27)15-6-8-25-17(13-15)5-4-16-3-1-2-7-24-16/h1-8,13-14,23,26H,9-12H2,(H2,22,28)/b5-4+. The van der Waals surface area contributed by atoms with Gasteiger partial charge in [-0.15, -0.1) is 0 Å². The molecule has 0 bridgehead atoms. The van der Waals surface area contributed by atoms with E-state index in [0.717, 1.165) is 54.6 Å². The number of aromatic nitrogens is 3. The summed E-state index contributed by atoms with van der Waals surface area (Å²) in [6, 6.07) is 11.5. The number of carbonyl (C=O) groups excluding carboxylic acids is 1. The van der Waals surface area contributed by atoms with Gasteiger partial charge in [-0.2, -0.15) is 0 Å². The van der Waals surface area contributed by atoms with E-state index in [4.69, 9.17) is 5.73 Å². The Hall–Kier alpha value is -3.45. The summed E-state index contributed by atoms with van der Waals surface area (Å²) in [4.78, 5) is 26.2. The van der Waals surface area contributed by atoms with E-state index in [1.54, 1.807) is 12.4 Å². The molecule has 0 unspecified atom stereocenters. The van der Waals surface area contributed by atoms with Crippen molar-refractivity contribution in [1.29, 1.82) is 0 Å². The molecule has 0 aliphatic carbocycles. The maximum atomic E-state index is 12.0. The quantitative estimate of drug-likeness (QED) is 0.635. The second-order valence-electron chi connectivity index (χ2n) is 6.60. The third-order valence-corrected chi connectivity index (χ3v) is 4.70. The highest BCUT2D eigenvalue weighted by Gasteiger charge is 2.20. The van der Waals surface area contributed by atoms with Crippen LogP contribution < -0.4 is 16.0 Å². The molecule has 142 valence electrons. The Kier molecular flexibility index (Phi) is 5.16. The van der Waals surface area contributed by atoms with Gasteiger partial charge in [0.1, 0.15) is 5.82 Å². The van der Waals surface area contributed by atoms with Gasteiger partial charge in [0.2, 0.25) is 0 Å². The number of hydrogen-bond donors (Lipinski definition) is 3. The summed E-state index contributed by atoms with van der Waals surface area (Å²) in [5, 5.41) is 3.31. The second-order valence-corrected chi connectivity index (χ2v) is 6.60. The lowest BCUT2D eigenvalue weighted by Gasteiger charge is -2.28. The molecule has 7 heteroatoms. The molecule has 1 fully saturated rings. The number of hydrogen-bond acceptors (Lipinski definition) is 5. The molecular formula is C21H22N6O. The first-order valence-corrected chi connectivity index (χ1v) is 9.25. The van der Waals surface area contributed by atoms with Crippen LogP contribution in [-0.2, 0) is 0 Å². The summed E-state index contributed by atoms with van der Waals surface area (Å²) < 4.78 is 0. The molecule has 0 radical (unpaired) electrons. The maximum absolute atomic E-state index is 12.0. The van der Waals surface area contributed by atoms with Crippen LogP contribution in [0.15, 0.2) is 48.8 Å². The van der Waals surface area contributed by atoms with Gasteiger partial charge in [-0.3, -0.25) is 14.8 Å². The van der Waals surface area contributed by atoms with Gasteiger partial charge in [-0.1, -0.05) is 6.07 Å². The number of carbonyl (C=O) groups is 1. The van der Waals surface area contributed by atoms with Gasteiger partial charge >= 0.3 is 0 Å². The molecule has 4 N–H and O–H groups in total. The first-order valence-electron chi connectivity index (χ1n) is 9.25. The number of amides is 1. The summed E-state index contributed by atoms with van der Waals surface area (Å²) in [5.41, 5.74) is 9.60. The summed E-state index contributed by atoms with van der Waals surface area (Å²) in [6.45, 7) is 3.41. The highest BCUT2D eigenvalue weighted by atomic mass is 16.1. The number of nitrogens with one attached hydrogen (secondary N) is 2. The zero-order valence-electron chi connectivity index (χ0n) is 15.4. The van der Waals surface area contributed by atoms with Gasteiger partial charge in [0.05, 0.1) is 17.0 Å². The first-order chi connectivity index (χ1) is 13.7. The maximum Gasteiger partial charge on any atom is 0.252 e. The summed E-state index contributed by atoms with van der Waals surface area (Å²) in [6.07, 6.45) is 7.34. The molecule has 0 atom stereocenters. The Balaban J connectivity index is 1.64. The van der Waals surface area contributed by atoms with Crippen LogP contribution in [0.2, 0.25) is 0 Å². The second kappa shape index (κ2) is 8.06. The smallest absolute Gasteiger partial charge is 0.252 e. The molecule has 1 saturated heterocycles. The molecule has 0 saturated carbocycles. The van der Waals surface area contributed by atoms with E-state index in [0.29, 0.717) is 5.56 Å². The molecule has 0 aromatic carbocycles. The van der Waals surface area contributed by atoms with Crippen molar-refractivity contribution in [2.24, 2.45) is 5.73 Å². The molecule has 1 amide bonds. The van der Waals surface area contributed by atoms with Gasteiger partial charge in [-0.05, 0) is 42.5 Å². The third kappa shape index (κ3) is 3.94. The van der Waals surface area contributed by atoms with Crippen LogP contribution in [0.1, 0.15) is 21.7 Å². The fourth-order valence-electron chi connectivity index (χ4n) is 3.28. The van der Waals surface area contributed by atoms with Crippen molar-refractivity contribution in [3.63, 3.8) is 0 Å². The average molecular weight is 374 g/mol. The number of anilines is 1. The van der Waals surface area contributed by atoms with Crippen LogP contribution in [0.25, 0.3) is 23.4 Å². The molecule has 7 nitrogen and oxygen atoms in total. The Bertz CT molecular complexity index is 989. The van der Waals surface area contributed by atoms with E-state index in [1.165, 1.54) is 0 Å². The minimum Gasteiger partial charge on any atom is -0.365 e. The Morgan fingerprint density at radius 2 is 1.82 bits per heavy atom. The minimum atomic E-state index is -0.430. The van der Waals surface area contributed by atoms with Crippen LogP contribution in [0.3, 0.4) is 0 Å². The number of piperazine rings is 1. The molecule has 3 aromatic heterocycles. The van der Waals surface area contributed by atoms with E-state index in [-0.39, 0.29) is 0 Å². The summed E-state index contributed by atoms with van der Waals surface area (Å²) in [5.74, 6) is 0.353. The lowest BCUT2D eigenvalue weighted by Crippen LogP contribution is -2.44. The molecular weight excluding hydrogens is 352 g/mol. The van der Waals surface area contributed by atoms with Gasteiger partial charge < -0.3 is 20.9 Å². The van der Waals surface area contributed by atoms with Crippen LogP contribution in [-0.4, -0.2) is 47.0 Å². The van der Waals surface area contributed by atoms with Crippen molar-refractivity contribution in [2.45, 2.75) is 0 Å². The SMILES string of the molecule is NC(=O)c1cc(-c2ccnc(/C=C/c3ccccn3)c2)[nH]c1N1CCNCC1. The predicted molar refractivity (Wildman–Crippen MR) is 111 cm³/mol. The number of rotatable bonds is 5. The topological polar surface area (TPSA) is 99.9 Å². The van der Waals surface area contributed by atoms with Gasteiger partial charge in [-0.25, -0.2) is 0 Å². The highest BCUT2D eigenvalue weighted by molar-refractivity contribution is 5.99. The predicted octanol–water partition coefficient (Wildman–Crippen LogP) is 2.15. The molecule has 4 heterocycles. The molecule has 0 spiro atoms. The van der Waals surface area contributed by atoms with E-state index in [9.17, 15) is 4.79 Å². The number of nitrogens with zero attached hydrogens (tertiary/aromatic N) is 3. The number of primary amides is 1.